The fourth-order valence-corrected chi connectivity index (χ4v) is 1.52. The number of benzene rings is 1. The van der Waals surface area contributed by atoms with Crippen LogP contribution >= 0.6 is 11.6 Å². The summed E-state index contributed by atoms with van der Waals surface area (Å²) in [5, 5.41) is 0.0925. The molecule has 0 heterocycles. The zero-order chi connectivity index (χ0) is 11.4. The number of hydrogen-bond acceptors (Lipinski definition) is 2. The van der Waals surface area contributed by atoms with E-state index < -0.39 is 5.97 Å². The van der Waals surface area contributed by atoms with Crippen molar-refractivity contribution < 1.29 is 9.53 Å². The Bertz CT molecular complexity index is 388. The second-order valence-corrected chi connectivity index (χ2v) is 3.70. The normalized spacial score (nSPS) is 11.3. The Kier molecular flexibility index (Phi) is 3.92. The number of esters is 1. The van der Waals surface area contributed by atoms with Crippen LogP contribution in [0.1, 0.15) is 16.7 Å². The summed E-state index contributed by atoms with van der Waals surface area (Å²) in [7, 11) is 1.31. The molecule has 0 fully saturated rings. The fourth-order valence-electron chi connectivity index (χ4n) is 1.34. The third-order valence-corrected chi connectivity index (χ3v) is 2.46. The lowest BCUT2D eigenvalue weighted by atomic mass is 10.0. The number of ether oxygens (including phenoxy) is 1. The van der Waals surface area contributed by atoms with Crippen molar-refractivity contribution >= 4 is 23.6 Å². The Hall–Kier alpha value is -1.28. The maximum atomic E-state index is 11.1. The summed E-state index contributed by atoms with van der Waals surface area (Å²) in [6, 6.07) is 5.91. The van der Waals surface area contributed by atoms with Crippen molar-refractivity contribution in [2.75, 3.05) is 7.11 Å². The molecule has 80 valence electrons. The van der Waals surface area contributed by atoms with Crippen LogP contribution in [-0.2, 0) is 9.53 Å². The molecule has 0 aliphatic rings. The summed E-state index contributed by atoms with van der Waals surface area (Å²) >= 11 is 5.80. The van der Waals surface area contributed by atoms with E-state index in [0.717, 1.165) is 16.7 Å². The smallest absolute Gasteiger partial charge is 0.349 e. The molecule has 0 aliphatic carbocycles. The Morgan fingerprint density at radius 2 is 1.87 bits per heavy atom. The second kappa shape index (κ2) is 4.99. The SMILES string of the molecule is COC(=O)/C(Cl)=C\c1c(C)cccc1C. The van der Waals surface area contributed by atoms with Gasteiger partial charge in [0, 0.05) is 0 Å². The van der Waals surface area contributed by atoms with Gasteiger partial charge in [-0.3, -0.25) is 0 Å². The Labute approximate surface area is 94.5 Å². The van der Waals surface area contributed by atoms with Gasteiger partial charge in [0.2, 0.25) is 0 Å². The van der Waals surface area contributed by atoms with E-state index in [1.807, 2.05) is 32.0 Å². The van der Waals surface area contributed by atoms with Crippen LogP contribution in [0.5, 0.6) is 0 Å². The number of rotatable bonds is 2. The lowest BCUT2D eigenvalue weighted by Crippen LogP contribution is -2.00. The molecule has 3 heteroatoms. The minimum absolute atomic E-state index is 0.0925. The van der Waals surface area contributed by atoms with Gasteiger partial charge in [0.15, 0.2) is 0 Å². The molecule has 0 unspecified atom stereocenters. The van der Waals surface area contributed by atoms with Crippen molar-refractivity contribution in [3.05, 3.63) is 39.9 Å². The molecule has 0 aliphatic heterocycles. The predicted molar refractivity (Wildman–Crippen MR) is 61.8 cm³/mol. The number of carbonyl (C=O) groups excluding carboxylic acids is 1. The van der Waals surface area contributed by atoms with E-state index in [1.54, 1.807) is 6.08 Å². The van der Waals surface area contributed by atoms with Crippen LogP contribution in [0, 0.1) is 13.8 Å². The summed E-state index contributed by atoms with van der Waals surface area (Å²) in [5.41, 5.74) is 3.13. The van der Waals surface area contributed by atoms with Gasteiger partial charge in [0.1, 0.15) is 5.03 Å². The molecule has 15 heavy (non-hydrogen) atoms. The highest BCUT2D eigenvalue weighted by molar-refractivity contribution is 6.43. The molecule has 0 radical (unpaired) electrons. The Balaban J connectivity index is 3.13. The lowest BCUT2D eigenvalue weighted by Gasteiger charge is -2.05. The van der Waals surface area contributed by atoms with Crippen LogP contribution in [0.4, 0.5) is 0 Å². The molecule has 1 aromatic carbocycles. The van der Waals surface area contributed by atoms with Crippen LogP contribution in [-0.4, -0.2) is 13.1 Å². The van der Waals surface area contributed by atoms with Gasteiger partial charge in [-0.25, -0.2) is 4.79 Å². The summed E-state index contributed by atoms with van der Waals surface area (Å²) in [5.74, 6) is -0.515. The molecule has 0 saturated heterocycles. The molecule has 2 nitrogen and oxygen atoms in total. The average molecular weight is 225 g/mol. The first-order chi connectivity index (χ1) is 7.06. The quantitative estimate of drug-likeness (QED) is 0.570. The molecule has 0 bridgehead atoms. The van der Waals surface area contributed by atoms with E-state index in [-0.39, 0.29) is 5.03 Å². The lowest BCUT2D eigenvalue weighted by molar-refractivity contribution is -0.135. The average Bonchev–Trinajstić information content (AvgIpc) is 2.22. The molecule has 0 atom stereocenters. The first-order valence-electron chi connectivity index (χ1n) is 4.58. The number of methoxy groups -OCH3 is 1. The minimum atomic E-state index is -0.515. The standard InChI is InChI=1S/C12H13ClO2/c1-8-5-4-6-9(2)10(8)7-11(13)12(14)15-3/h4-7H,1-3H3/b11-7+. The molecule has 1 aromatic rings. The van der Waals surface area contributed by atoms with Gasteiger partial charge in [-0.1, -0.05) is 29.8 Å². The third kappa shape index (κ3) is 2.83. The van der Waals surface area contributed by atoms with E-state index in [4.69, 9.17) is 11.6 Å². The molecule has 0 N–H and O–H groups in total. The first kappa shape index (κ1) is 11.8. The van der Waals surface area contributed by atoms with Crippen molar-refractivity contribution in [3.63, 3.8) is 0 Å². The number of aryl methyl sites for hydroxylation is 2. The van der Waals surface area contributed by atoms with Crippen molar-refractivity contribution in [1.82, 2.24) is 0 Å². The molecular weight excluding hydrogens is 212 g/mol. The fraction of sp³-hybridized carbons (Fsp3) is 0.250. The second-order valence-electron chi connectivity index (χ2n) is 3.29. The monoisotopic (exact) mass is 224 g/mol. The molecule has 0 amide bonds. The highest BCUT2D eigenvalue weighted by atomic mass is 35.5. The van der Waals surface area contributed by atoms with E-state index in [0.29, 0.717) is 0 Å². The van der Waals surface area contributed by atoms with Crippen molar-refractivity contribution in [3.8, 4) is 0 Å². The van der Waals surface area contributed by atoms with Gasteiger partial charge in [0.05, 0.1) is 7.11 Å². The van der Waals surface area contributed by atoms with Crippen molar-refractivity contribution in [2.45, 2.75) is 13.8 Å². The third-order valence-electron chi connectivity index (χ3n) is 2.19. The van der Waals surface area contributed by atoms with Crippen LogP contribution in [0.25, 0.3) is 6.08 Å². The summed E-state index contributed by atoms with van der Waals surface area (Å²) in [4.78, 5) is 11.1. The maximum absolute atomic E-state index is 11.1. The predicted octanol–water partition coefficient (Wildman–Crippen LogP) is 3.06. The first-order valence-corrected chi connectivity index (χ1v) is 4.95. The largest absolute Gasteiger partial charge is 0.465 e. The van der Waals surface area contributed by atoms with Crippen LogP contribution in [0.15, 0.2) is 23.2 Å². The van der Waals surface area contributed by atoms with Crippen molar-refractivity contribution in [1.29, 1.82) is 0 Å². The molecule has 0 aromatic heterocycles. The highest BCUT2D eigenvalue weighted by Crippen LogP contribution is 2.19. The summed E-state index contributed by atoms with van der Waals surface area (Å²) in [6.45, 7) is 3.95. The number of halogens is 1. The number of hydrogen-bond donors (Lipinski definition) is 0. The van der Waals surface area contributed by atoms with Gasteiger partial charge in [-0.2, -0.15) is 0 Å². The maximum Gasteiger partial charge on any atom is 0.349 e. The van der Waals surface area contributed by atoms with E-state index in [1.165, 1.54) is 7.11 Å². The van der Waals surface area contributed by atoms with Crippen LogP contribution in [0.2, 0.25) is 0 Å². The zero-order valence-electron chi connectivity index (χ0n) is 9.00. The highest BCUT2D eigenvalue weighted by Gasteiger charge is 2.07. The van der Waals surface area contributed by atoms with Gasteiger partial charge in [0.25, 0.3) is 0 Å². The van der Waals surface area contributed by atoms with Crippen LogP contribution < -0.4 is 0 Å². The molecule has 1 rings (SSSR count). The van der Waals surface area contributed by atoms with Gasteiger partial charge >= 0.3 is 5.97 Å². The van der Waals surface area contributed by atoms with Crippen LogP contribution in [0.3, 0.4) is 0 Å². The van der Waals surface area contributed by atoms with Gasteiger partial charge in [-0.05, 0) is 36.6 Å². The number of carbonyl (C=O) groups is 1. The zero-order valence-corrected chi connectivity index (χ0v) is 9.76. The topological polar surface area (TPSA) is 26.3 Å². The molecule has 0 saturated carbocycles. The van der Waals surface area contributed by atoms with E-state index in [9.17, 15) is 4.79 Å². The van der Waals surface area contributed by atoms with Crippen molar-refractivity contribution in [2.24, 2.45) is 0 Å². The Morgan fingerprint density at radius 3 is 2.33 bits per heavy atom. The Morgan fingerprint density at radius 1 is 1.33 bits per heavy atom. The van der Waals surface area contributed by atoms with Gasteiger partial charge < -0.3 is 4.74 Å². The van der Waals surface area contributed by atoms with E-state index in [2.05, 4.69) is 4.74 Å². The summed E-state index contributed by atoms with van der Waals surface area (Å²) < 4.78 is 4.52. The molecular formula is C12H13ClO2. The molecule has 0 spiro atoms. The van der Waals surface area contributed by atoms with E-state index >= 15 is 0 Å². The van der Waals surface area contributed by atoms with Gasteiger partial charge in [-0.15, -0.1) is 0 Å². The minimum Gasteiger partial charge on any atom is -0.465 e. The summed E-state index contributed by atoms with van der Waals surface area (Å²) in [6.07, 6.45) is 1.64.